The molecule has 2 aliphatic heterocycles. The first-order chi connectivity index (χ1) is 29.1. The zero-order valence-electron chi connectivity index (χ0n) is 33.0. The molecule has 5 unspecified atom stereocenters. The van der Waals surface area contributed by atoms with E-state index in [1.54, 1.807) is 0 Å². The van der Waals surface area contributed by atoms with Gasteiger partial charge in [0.2, 0.25) is 0 Å². The highest BCUT2D eigenvalue weighted by atomic mass is 16.5. The number of likely N-dealkylation sites (N-methyl/N-ethyl adjacent to an activating group) is 1. The minimum absolute atomic E-state index is 0.0299. The number of fused-ring (bicyclic) bond motifs is 11. The molecule has 0 saturated heterocycles. The lowest BCUT2D eigenvalue weighted by Gasteiger charge is -2.47. The van der Waals surface area contributed by atoms with E-state index in [1.807, 2.05) is 12.1 Å². The Morgan fingerprint density at radius 2 is 1.42 bits per heavy atom. The number of furan rings is 1. The quantitative estimate of drug-likeness (QED) is 0.179. The number of benzene rings is 6. The van der Waals surface area contributed by atoms with Crippen LogP contribution in [0.25, 0.3) is 33.2 Å². The van der Waals surface area contributed by atoms with Gasteiger partial charge < -0.3 is 14.1 Å². The summed E-state index contributed by atoms with van der Waals surface area (Å²) >= 11 is 0. The monoisotopic (exact) mass is 762 g/mol. The molecule has 12 rings (SSSR count). The van der Waals surface area contributed by atoms with Crippen LogP contribution in [0.3, 0.4) is 0 Å². The number of nitrogens with zero attached hydrogens (tertiary/aromatic N) is 2. The Kier molecular flexibility index (Phi) is 7.56. The Hall–Kier alpha value is -6.91. The normalized spacial score (nSPS) is 24.0. The highest BCUT2D eigenvalue weighted by molar-refractivity contribution is 6.08. The predicted molar refractivity (Wildman–Crippen MR) is 239 cm³/mol. The van der Waals surface area contributed by atoms with Crippen LogP contribution >= 0.6 is 0 Å². The highest BCUT2D eigenvalue weighted by Crippen LogP contribution is 2.65. The smallest absolute Gasteiger partial charge is 0.137 e. The summed E-state index contributed by atoms with van der Waals surface area (Å²) in [4.78, 5) is 7.86. The summed E-state index contributed by atoms with van der Waals surface area (Å²) in [5.41, 5.74) is 13.6. The maximum Gasteiger partial charge on any atom is 0.137 e. The molecule has 5 aliphatic rings. The van der Waals surface area contributed by atoms with Crippen LogP contribution in [-0.2, 0) is 5.41 Å². The minimum atomic E-state index is -0.328. The van der Waals surface area contributed by atoms with Crippen LogP contribution in [0.4, 0.5) is 0 Å². The van der Waals surface area contributed by atoms with E-state index in [0.717, 1.165) is 62.5 Å². The standard InChI is InChI=1S/C55H42N2O2/c1-34-30-37(32-52-53(34)55(46-25-13-15-27-50(46)59-52)44-23-11-8-19-39(44)40-20-9-12-24-45(40)55)38-18-6-7-22-43(38)54-56-47(33-48(57(54)2)35-16-4-3-5-17-35)36-28-29-42-41-21-10-14-26-49(41)58-51(42)31-36/h3-29,31-34,39,44,48H,30H2,1-2H3. The second kappa shape index (κ2) is 13.1. The van der Waals surface area contributed by atoms with E-state index < -0.39 is 0 Å². The average Bonchev–Trinajstić information content (AvgIpc) is 3.80. The van der Waals surface area contributed by atoms with Crippen LogP contribution in [0.15, 0.2) is 203 Å². The Balaban J connectivity index is 1.02. The van der Waals surface area contributed by atoms with E-state index in [2.05, 4.69) is 189 Å². The van der Waals surface area contributed by atoms with Gasteiger partial charge in [0, 0.05) is 46.3 Å². The zero-order chi connectivity index (χ0) is 39.2. The zero-order valence-corrected chi connectivity index (χ0v) is 33.0. The molecule has 0 radical (unpaired) electrons. The molecule has 5 atom stereocenters. The van der Waals surface area contributed by atoms with E-state index in [9.17, 15) is 0 Å². The Labute approximate surface area is 344 Å². The van der Waals surface area contributed by atoms with E-state index in [4.69, 9.17) is 14.1 Å². The summed E-state index contributed by atoms with van der Waals surface area (Å²) < 4.78 is 13.4. The number of hydrogen-bond donors (Lipinski definition) is 0. The van der Waals surface area contributed by atoms with Gasteiger partial charge in [0.05, 0.1) is 17.2 Å². The number of ether oxygens (including phenoxy) is 1. The van der Waals surface area contributed by atoms with Crippen molar-refractivity contribution in [3.8, 4) is 5.75 Å². The maximum atomic E-state index is 7.06. The molecular weight excluding hydrogens is 721 g/mol. The van der Waals surface area contributed by atoms with Gasteiger partial charge in [-0.05, 0) is 82.2 Å². The number of hydrogen-bond acceptors (Lipinski definition) is 4. The van der Waals surface area contributed by atoms with Crippen LogP contribution in [0.5, 0.6) is 5.75 Å². The SMILES string of the molecule is CC1CC(c2ccccc2C2=NC(c3ccc4c(c3)oc3ccccc34)=CC(c3ccccc3)N2C)=CC2=C1C1(c3ccccc3O2)c2ccccc2C2C=CC=CC21. The van der Waals surface area contributed by atoms with Crippen molar-refractivity contribution in [2.24, 2.45) is 16.8 Å². The molecule has 284 valence electrons. The second-order valence-electron chi connectivity index (χ2n) is 16.7. The van der Waals surface area contributed by atoms with Crippen molar-refractivity contribution in [1.82, 2.24) is 4.90 Å². The van der Waals surface area contributed by atoms with Crippen molar-refractivity contribution < 1.29 is 9.15 Å². The average molecular weight is 763 g/mol. The molecule has 3 heterocycles. The van der Waals surface area contributed by atoms with E-state index in [1.165, 1.54) is 39.0 Å². The molecule has 0 amide bonds. The van der Waals surface area contributed by atoms with Gasteiger partial charge in [0.1, 0.15) is 28.5 Å². The summed E-state index contributed by atoms with van der Waals surface area (Å²) in [6.07, 6.45) is 14.9. The second-order valence-corrected chi connectivity index (χ2v) is 16.7. The molecule has 7 aromatic rings. The molecule has 0 N–H and O–H groups in total. The fourth-order valence-electron chi connectivity index (χ4n) is 11.1. The predicted octanol–water partition coefficient (Wildman–Crippen LogP) is 13.0. The molecule has 0 fully saturated rings. The summed E-state index contributed by atoms with van der Waals surface area (Å²) in [5.74, 6) is 3.64. The number of allylic oxidation sites excluding steroid dienone is 7. The third kappa shape index (κ3) is 4.99. The van der Waals surface area contributed by atoms with Crippen molar-refractivity contribution in [2.45, 2.75) is 30.7 Å². The van der Waals surface area contributed by atoms with Crippen molar-refractivity contribution in [3.05, 3.63) is 232 Å². The lowest BCUT2D eigenvalue weighted by Crippen LogP contribution is -2.42. The molecular formula is C55H42N2O2. The number of aliphatic imine (C=N–C) groups is 1. The molecule has 1 spiro atoms. The van der Waals surface area contributed by atoms with Gasteiger partial charge in [0.15, 0.2) is 0 Å². The van der Waals surface area contributed by atoms with Crippen LogP contribution < -0.4 is 4.74 Å². The number of amidine groups is 1. The molecule has 1 aromatic heterocycles. The molecule has 6 aromatic carbocycles. The van der Waals surface area contributed by atoms with Crippen molar-refractivity contribution >= 4 is 39.0 Å². The summed E-state index contributed by atoms with van der Waals surface area (Å²) in [6.45, 7) is 2.41. The van der Waals surface area contributed by atoms with Gasteiger partial charge >= 0.3 is 0 Å². The van der Waals surface area contributed by atoms with Gasteiger partial charge in [-0.1, -0.05) is 153 Å². The van der Waals surface area contributed by atoms with Gasteiger partial charge in [-0.3, -0.25) is 0 Å². The van der Waals surface area contributed by atoms with E-state index in [0.29, 0.717) is 5.92 Å². The molecule has 0 saturated carbocycles. The lowest BCUT2D eigenvalue weighted by molar-refractivity contribution is 0.319. The van der Waals surface area contributed by atoms with Crippen LogP contribution in [0.2, 0.25) is 0 Å². The number of para-hydroxylation sites is 2. The van der Waals surface area contributed by atoms with Crippen molar-refractivity contribution in [3.63, 3.8) is 0 Å². The molecule has 0 bridgehead atoms. The van der Waals surface area contributed by atoms with Gasteiger partial charge in [-0.2, -0.15) is 0 Å². The Bertz CT molecular complexity index is 3070. The summed E-state index contributed by atoms with van der Waals surface area (Å²) in [7, 11) is 2.17. The maximum absolute atomic E-state index is 7.06. The van der Waals surface area contributed by atoms with E-state index in [-0.39, 0.29) is 23.3 Å². The van der Waals surface area contributed by atoms with Crippen LogP contribution in [-0.4, -0.2) is 17.8 Å². The third-order valence-corrected chi connectivity index (χ3v) is 13.5. The fourth-order valence-corrected chi connectivity index (χ4v) is 11.1. The Morgan fingerprint density at radius 1 is 0.695 bits per heavy atom. The first-order valence-corrected chi connectivity index (χ1v) is 20.8. The van der Waals surface area contributed by atoms with E-state index >= 15 is 0 Å². The largest absolute Gasteiger partial charge is 0.457 e. The fraction of sp³-hybridized carbons (Fsp3) is 0.145. The van der Waals surface area contributed by atoms with Crippen LogP contribution in [0.1, 0.15) is 64.2 Å². The number of rotatable bonds is 4. The minimum Gasteiger partial charge on any atom is -0.457 e. The molecule has 3 aliphatic carbocycles. The topological polar surface area (TPSA) is 38.0 Å². The van der Waals surface area contributed by atoms with Crippen molar-refractivity contribution in [1.29, 1.82) is 0 Å². The summed E-state index contributed by atoms with van der Waals surface area (Å²) in [5, 5.41) is 2.24. The van der Waals surface area contributed by atoms with Gasteiger partial charge in [-0.25, -0.2) is 4.99 Å². The highest BCUT2D eigenvalue weighted by Gasteiger charge is 2.58. The first kappa shape index (κ1) is 34.2. The molecule has 4 nitrogen and oxygen atoms in total. The van der Waals surface area contributed by atoms with Crippen molar-refractivity contribution in [2.75, 3.05) is 7.05 Å². The molecule has 59 heavy (non-hydrogen) atoms. The first-order valence-electron chi connectivity index (χ1n) is 20.8. The van der Waals surface area contributed by atoms with Gasteiger partial charge in [-0.15, -0.1) is 0 Å². The lowest BCUT2D eigenvalue weighted by atomic mass is 9.57. The summed E-state index contributed by atoms with van der Waals surface area (Å²) in [6, 6.07) is 52.2. The Morgan fingerprint density at radius 3 is 2.32 bits per heavy atom. The molecule has 4 heteroatoms. The van der Waals surface area contributed by atoms with Gasteiger partial charge in [0.25, 0.3) is 0 Å². The third-order valence-electron chi connectivity index (χ3n) is 13.5. The van der Waals surface area contributed by atoms with Crippen LogP contribution in [0, 0.1) is 11.8 Å².